The van der Waals surface area contributed by atoms with E-state index in [0.717, 1.165) is 6.42 Å². The van der Waals surface area contributed by atoms with Crippen molar-refractivity contribution < 1.29 is 9.53 Å². The minimum Gasteiger partial charge on any atom is -0.479 e. The number of hydrogen-bond donors (Lipinski definition) is 2. The lowest BCUT2D eigenvalue weighted by molar-refractivity contribution is -0.117. The van der Waals surface area contributed by atoms with Gasteiger partial charge in [0.15, 0.2) is 6.61 Å². The SMILES string of the molecule is CCCC(N)C(=O)Nc1ccc(OCC#N)cc1. The molecule has 1 unspecified atom stereocenters. The Kier molecular flexibility index (Phi) is 5.68. The molecule has 5 nitrogen and oxygen atoms in total. The number of carbonyl (C=O) groups excluding carboxylic acids is 1. The molecule has 3 N–H and O–H groups in total. The third-order valence-electron chi connectivity index (χ3n) is 2.36. The van der Waals surface area contributed by atoms with E-state index in [9.17, 15) is 4.79 Å². The average molecular weight is 247 g/mol. The zero-order chi connectivity index (χ0) is 13.4. The minimum atomic E-state index is -0.482. The first-order chi connectivity index (χ1) is 8.67. The summed E-state index contributed by atoms with van der Waals surface area (Å²) in [4.78, 5) is 11.6. The number of nitriles is 1. The molecular formula is C13H17N3O2. The molecule has 0 heterocycles. The number of rotatable bonds is 6. The topological polar surface area (TPSA) is 88.1 Å². The zero-order valence-corrected chi connectivity index (χ0v) is 10.3. The molecule has 0 fully saturated rings. The third kappa shape index (κ3) is 4.44. The molecule has 0 radical (unpaired) electrons. The summed E-state index contributed by atoms with van der Waals surface area (Å²) in [6.45, 7) is 1.99. The van der Waals surface area contributed by atoms with Crippen LogP contribution in [0.1, 0.15) is 19.8 Å². The van der Waals surface area contributed by atoms with E-state index < -0.39 is 6.04 Å². The highest BCUT2D eigenvalue weighted by atomic mass is 16.5. The van der Waals surface area contributed by atoms with E-state index in [4.69, 9.17) is 15.7 Å². The quantitative estimate of drug-likeness (QED) is 0.800. The largest absolute Gasteiger partial charge is 0.479 e. The summed E-state index contributed by atoms with van der Waals surface area (Å²) in [5, 5.41) is 11.1. The van der Waals surface area contributed by atoms with Crippen LogP contribution in [-0.4, -0.2) is 18.6 Å². The second-order valence-corrected chi connectivity index (χ2v) is 3.86. The Morgan fingerprint density at radius 2 is 2.17 bits per heavy atom. The Hall–Kier alpha value is -2.06. The van der Waals surface area contributed by atoms with Gasteiger partial charge in [0.05, 0.1) is 6.04 Å². The van der Waals surface area contributed by atoms with E-state index in [1.807, 2.05) is 13.0 Å². The van der Waals surface area contributed by atoms with Gasteiger partial charge in [-0.25, -0.2) is 0 Å². The maximum Gasteiger partial charge on any atom is 0.241 e. The number of amides is 1. The lowest BCUT2D eigenvalue weighted by Crippen LogP contribution is -2.35. The van der Waals surface area contributed by atoms with Crippen molar-refractivity contribution in [1.29, 1.82) is 5.26 Å². The molecule has 0 aliphatic rings. The van der Waals surface area contributed by atoms with Crippen molar-refractivity contribution in [2.45, 2.75) is 25.8 Å². The highest BCUT2D eigenvalue weighted by molar-refractivity contribution is 5.94. The summed E-state index contributed by atoms with van der Waals surface area (Å²) >= 11 is 0. The lowest BCUT2D eigenvalue weighted by atomic mass is 10.1. The van der Waals surface area contributed by atoms with E-state index in [1.165, 1.54) is 0 Å². The first-order valence-electron chi connectivity index (χ1n) is 5.83. The van der Waals surface area contributed by atoms with E-state index in [2.05, 4.69) is 5.32 Å². The second-order valence-electron chi connectivity index (χ2n) is 3.86. The Balaban J connectivity index is 2.53. The molecule has 0 aliphatic carbocycles. The van der Waals surface area contributed by atoms with Crippen LogP contribution in [0.4, 0.5) is 5.69 Å². The summed E-state index contributed by atoms with van der Waals surface area (Å²) in [5.74, 6) is 0.398. The summed E-state index contributed by atoms with van der Waals surface area (Å²) in [7, 11) is 0. The van der Waals surface area contributed by atoms with Gasteiger partial charge in [0.2, 0.25) is 5.91 Å². The summed E-state index contributed by atoms with van der Waals surface area (Å²) in [5.41, 5.74) is 6.36. The Morgan fingerprint density at radius 3 is 2.72 bits per heavy atom. The number of ether oxygens (including phenoxy) is 1. The number of nitrogens with two attached hydrogens (primary N) is 1. The van der Waals surface area contributed by atoms with Crippen molar-refractivity contribution in [3.05, 3.63) is 24.3 Å². The molecule has 1 amide bonds. The van der Waals surface area contributed by atoms with Gasteiger partial charge in [-0.1, -0.05) is 13.3 Å². The predicted molar refractivity (Wildman–Crippen MR) is 69.1 cm³/mol. The van der Waals surface area contributed by atoms with Gasteiger partial charge in [0, 0.05) is 5.69 Å². The maximum absolute atomic E-state index is 11.6. The van der Waals surface area contributed by atoms with Gasteiger partial charge in [-0.15, -0.1) is 0 Å². The molecule has 0 bridgehead atoms. The van der Waals surface area contributed by atoms with Crippen LogP contribution >= 0.6 is 0 Å². The van der Waals surface area contributed by atoms with Crippen LogP contribution < -0.4 is 15.8 Å². The number of hydrogen-bond acceptors (Lipinski definition) is 4. The van der Waals surface area contributed by atoms with Gasteiger partial charge in [-0.2, -0.15) is 5.26 Å². The van der Waals surface area contributed by atoms with Crippen molar-refractivity contribution >= 4 is 11.6 Å². The number of benzene rings is 1. The van der Waals surface area contributed by atoms with Gasteiger partial charge in [0.25, 0.3) is 0 Å². The van der Waals surface area contributed by atoms with Crippen molar-refractivity contribution in [2.75, 3.05) is 11.9 Å². The number of carbonyl (C=O) groups is 1. The van der Waals surface area contributed by atoms with E-state index in [0.29, 0.717) is 17.9 Å². The third-order valence-corrected chi connectivity index (χ3v) is 2.36. The van der Waals surface area contributed by atoms with Crippen LogP contribution in [0.2, 0.25) is 0 Å². The molecular weight excluding hydrogens is 230 g/mol. The first kappa shape index (κ1) is 14.0. The van der Waals surface area contributed by atoms with Crippen LogP contribution in [0.5, 0.6) is 5.75 Å². The van der Waals surface area contributed by atoms with Crippen LogP contribution in [-0.2, 0) is 4.79 Å². The van der Waals surface area contributed by atoms with Crippen LogP contribution in [0, 0.1) is 11.3 Å². The Bertz CT molecular complexity index is 423. The predicted octanol–water partition coefficient (Wildman–Crippen LogP) is 1.65. The normalized spacial score (nSPS) is 11.4. The lowest BCUT2D eigenvalue weighted by Gasteiger charge is -2.11. The highest BCUT2D eigenvalue weighted by Crippen LogP contribution is 2.15. The molecule has 96 valence electrons. The van der Waals surface area contributed by atoms with Crippen LogP contribution in [0.3, 0.4) is 0 Å². The average Bonchev–Trinajstić information content (AvgIpc) is 2.38. The maximum atomic E-state index is 11.6. The molecule has 1 aromatic rings. The summed E-state index contributed by atoms with van der Waals surface area (Å²) in [6.07, 6.45) is 1.53. The molecule has 1 atom stereocenters. The van der Waals surface area contributed by atoms with Gasteiger partial charge in [0.1, 0.15) is 11.8 Å². The fraction of sp³-hybridized carbons (Fsp3) is 0.385. The number of nitrogens with one attached hydrogen (secondary N) is 1. The van der Waals surface area contributed by atoms with Crippen LogP contribution in [0.15, 0.2) is 24.3 Å². The number of anilines is 1. The number of nitrogens with zero attached hydrogens (tertiary/aromatic N) is 1. The molecule has 0 saturated carbocycles. The van der Waals surface area contributed by atoms with Gasteiger partial charge < -0.3 is 15.8 Å². The highest BCUT2D eigenvalue weighted by Gasteiger charge is 2.11. The molecule has 1 aromatic carbocycles. The smallest absolute Gasteiger partial charge is 0.241 e. The molecule has 18 heavy (non-hydrogen) atoms. The minimum absolute atomic E-state index is 0.00702. The van der Waals surface area contributed by atoms with Crippen molar-refractivity contribution in [3.63, 3.8) is 0 Å². The van der Waals surface area contributed by atoms with Gasteiger partial charge >= 0.3 is 0 Å². The fourth-order valence-corrected chi connectivity index (χ4v) is 1.43. The first-order valence-corrected chi connectivity index (χ1v) is 5.83. The van der Waals surface area contributed by atoms with E-state index in [1.54, 1.807) is 24.3 Å². The molecule has 0 aliphatic heterocycles. The molecule has 0 saturated heterocycles. The van der Waals surface area contributed by atoms with Crippen molar-refractivity contribution in [3.8, 4) is 11.8 Å². The van der Waals surface area contributed by atoms with Crippen molar-refractivity contribution in [1.82, 2.24) is 0 Å². The Labute approximate surface area is 107 Å². The standard InChI is InChI=1S/C13H17N3O2/c1-2-3-12(15)13(17)16-10-4-6-11(7-5-10)18-9-8-14/h4-7,12H,2-3,9,15H2,1H3,(H,16,17). The second kappa shape index (κ2) is 7.30. The van der Waals surface area contributed by atoms with E-state index >= 15 is 0 Å². The fourth-order valence-electron chi connectivity index (χ4n) is 1.43. The molecule has 5 heteroatoms. The zero-order valence-electron chi connectivity index (χ0n) is 10.3. The van der Waals surface area contributed by atoms with E-state index in [-0.39, 0.29) is 12.5 Å². The molecule has 0 spiro atoms. The monoisotopic (exact) mass is 247 g/mol. The summed E-state index contributed by atoms with van der Waals surface area (Å²) < 4.78 is 5.10. The van der Waals surface area contributed by atoms with Crippen LogP contribution in [0.25, 0.3) is 0 Å². The van der Waals surface area contributed by atoms with Crippen molar-refractivity contribution in [2.24, 2.45) is 5.73 Å². The Morgan fingerprint density at radius 1 is 1.50 bits per heavy atom. The molecule has 1 rings (SSSR count). The summed E-state index contributed by atoms with van der Waals surface area (Å²) in [6, 6.07) is 8.21. The van der Waals surface area contributed by atoms with Gasteiger partial charge in [-0.3, -0.25) is 4.79 Å². The van der Waals surface area contributed by atoms with Gasteiger partial charge in [-0.05, 0) is 30.7 Å². The molecule has 0 aromatic heterocycles.